The lowest BCUT2D eigenvalue weighted by molar-refractivity contribution is -0.137. The maximum Gasteiger partial charge on any atom is 0.339 e. The number of fused-ring (bicyclic) bond motifs is 1. The summed E-state index contributed by atoms with van der Waals surface area (Å²) in [4.78, 5) is 31.8. The highest BCUT2D eigenvalue weighted by atomic mass is 32.2. The molecule has 0 radical (unpaired) electrons. The van der Waals surface area contributed by atoms with E-state index in [0.29, 0.717) is 35.5 Å². The van der Waals surface area contributed by atoms with Crippen molar-refractivity contribution in [3.05, 3.63) is 35.7 Å². The fraction of sp³-hybridized carbons (Fsp3) is 0.455. The second-order valence-electron chi connectivity index (χ2n) is 8.55. The van der Waals surface area contributed by atoms with E-state index < -0.39 is 34.4 Å². The Hall–Kier alpha value is -3.21. The normalized spacial score (nSPS) is 17.5. The van der Waals surface area contributed by atoms with Gasteiger partial charge in [-0.15, -0.1) is 0 Å². The molecule has 0 saturated carbocycles. The molecule has 1 saturated heterocycles. The van der Waals surface area contributed by atoms with Gasteiger partial charge in [-0.1, -0.05) is 19.0 Å². The molecule has 3 aromatic heterocycles. The van der Waals surface area contributed by atoms with Crippen LogP contribution < -0.4 is 0 Å². The van der Waals surface area contributed by atoms with Crippen LogP contribution in [0.25, 0.3) is 22.6 Å². The quantitative estimate of drug-likeness (QED) is 0.473. The maximum atomic E-state index is 13.0. The monoisotopic (exact) mass is 475 g/mol. The van der Waals surface area contributed by atoms with Crippen molar-refractivity contribution >= 4 is 32.8 Å². The molecule has 176 valence electrons. The number of aromatic nitrogens is 2. The molecule has 4 heterocycles. The minimum Gasteiger partial charge on any atom is -0.463 e. The number of carbonyl (C=O) groups is 2. The van der Waals surface area contributed by atoms with E-state index in [4.69, 9.17) is 13.7 Å². The van der Waals surface area contributed by atoms with Crippen molar-refractivity contribution in [2.24, 2.45) is 5.92 Å². The molecule has 1 atom stereocenters. The topological polar surface area (TPSA) is 133 Å². The van der Waals surface area contributed by atoms with Gasteiger partial charge in [0.15, 0.2) is 22.2 Å². The highest BCUT2D eigenvalue weighted by Crippen LogP contribution is 2.28. The first-order chi connectivity index (χ1) is 15.6. The first kappa shape index (κ1) is 23.0. The van der Waals surface area contributed by atoms with Gasteiger partial charge in [0.1, 0.15) is 5.69 Å². The Balaban J connectivity index is 1.55. The summed E-state index contributed by atoms with van der Waals surface area (Å²) >= 11 is 0. The van der Waals surface area contributed by atoms with E-state index >= 15 is 0 Å². The number of carbonyl (C=O) groups excluding carboxylic acids is 2. The van der Waals surface area contributed by atoms with Crippen molar-refractivity contribution in [1.82, 2.24) is 15.0 Å². The van der Waals surface area contributed by atoms with Gasteiger partial charge in [-0.25, -0.2) is 18.2 Å². The molecule has 1 aliphatic heterocycles. The maximum absolute atomic E-state index is 13.0. The van der Waals surface area contributed by atoms with Crippen molar-refractivity contribution in [3.8, 4) is 11.5 Å². The summed E-state index contributed by atoms with van der Waals surface area (Å²) in [7, 11) is -3.17. The van der Waals surface area contributed by atoms with E-state index in [2.05, 4.69) is 10.1 Å². The van der Waals surface area contributed by atoms with Gasteiger partial charge in [0.25, 0.3) is 11.6 Å². The van der Waals surface area contributed by atoms with Crippen LogP contribution in [0.4, 0.5) is 0 Å². The third kappa shape index (κ3) is 4.92. The molecule has 0 bridgehead atoms. The Labute approximate surface area is 190 Å². The lowest BCUT2D eigenvalue weighted by Gasteiger charge is -2.29. The number of amides is 1. The van der Waals surface area contributed by atoms with Gasteiger partial charge in [-0.2, -0.15) is 0 Å². The number of sulfone groups is 1. The molecule has 1 fully saturated rings. The third-order valence-electron chi connectivity index (χ3n) is 5.47. The Morgan fingerprint density at radius 2 is 2.12 bits per heavy atom. The minimum absolute atomic E-state index is 0.0522. The van der Waals surface area contributed by atoms with Gasteiger partial charge < -0.3 is 18.6 Å². The Kier molecular flexibility index (Phi) is 6.24. The van der Waals surface area contributed by atoms with Crippen LogP contribution in [0.2, 0.25) is 0 Å². The number of ether oxygens (including phenoxy) is 1. The van der Waals surface area contributed by atoms with Crippen LogP contribution in [-0.4, -0.2) is 66.0 Å². The standard InChI is InChI=1S/C22H25N3O7S/c1-13(2)10-25(15-6-8-33(28,29)12-15)19(26)11-31-22(27)16-9-17(18-5-4-7-30-18)23-21-20(16)14(3)24-32-21/h4-5,7,9,13,15H,6,8,10-12H2,1-3H3. The fourth-order valence-corrected chi connectivity index (χ4v) is 5.69. The molecule has 1 amide bonds. The van der Waals surface area contributed by atoms with Crippen molar-refractivity contribution in [2.75, 3.05) is 24.7 Å². The number of furan rings is 1. The average Bonchev–Trinajstić information content (AvgIpc) is 3.50. The van der Waals surface area contributed by atoms with Gasteiger partial charge in [0.2, 0.25) is 0 Å². The molecule has 3 aromatic rings. The first-order valence-corrected chi connectivity index (χ1v) is 12.4. The minimum atomic E-state index is -3.17. The smallest absolute Gasteiger partial charge is 0.339 e. The highest BCUT2D eigenvalue weighted by molar-refractivity contribution is 7.91. The number of hydrogen-bond acceptors (Lipinski definition) is 9. The highest BCUT2D eigenvalue weighted by Gasteiger charge is 2.35. The molecule has 10 nitrogen and oxygen atoms in total. The third-order valence-corrected chi connectivity index (χ3v) is 7.22. The van der Waals surface area contributed by atoms with Crippen LogP contribution >= 0.6 is 0 Å². The molecule has 0 N–H and O–H groups in total. The molecule has 1 unspecified atom stereocenters. The summed E-state index contributed by atoms with van der Waals surface area (Å²) in [6.45, 7) is 5.42. The number of hydrogen-bond donors (Lipinski definition) is 0. The van der Waals surface area contributed by atoms with Gasteiger partial charge >= 0.3 is 5.97 Å². The summed E-state index contributed by atoms with van der Waals surface area (Å²) in [5, 5.41) is 4.27. The lowest BCUT2D eigenvalue weighted by Crippen LogP contribution is -2.45. The van der Waals surface area contributed by atoms with Gasteiger partial charge in [-0.3, -0.25) is 4.79 Å². The van der Waals surface area contributed by atoms with E-state index in [1.807, 2.05) is 13.8 Å². The van der Waals surface area contributed by atoms with E-state index in [-0.39, 0.29) is 28.7 Å². The van der Waals surface area contributed by atoms with Crippen molar-refractivity contribution < 1.29 is 31.7 Å². The van der Waals surface area contributed by atoms with Crippen LogP contribution in [0.1, 0.15) is 36.3 Å². The zero-order chi connectivity index (χ0) is 23.8. The molecule has 0 spiro atoms. The van der Waals surface area contributed by atoms with Crippen LogP contribution in [0.5, 0.6) is 0 Å². The van der Waals surface area contributed by atoms with Gasteiger partial charge in [-0.05, 0) is 37.5 Å². The predicted molar refractivity (Wildman–Crippen MR) is 118 cm³/mol. The van der Waals surface area contributed by atoms with Crippen molar-refractivity contribution in [3.63, 3.8) is 0 Å². The summed E-state index contributed by atoms with van der Waals surface area (Å²) in [5.74, 6) is -0.631. The zero-order valence-corrected chi connectivity index (χ0v) is 19.4. The van der Waals surface area contributed by atoms with Crippen LogP contribution in [-0.2, 0) is 19.4 Å². The predicted octanol–water partition coefficient (Wildman–Crippen LogP) is 2.62. The summed E-state index contributed by atoms with van der Waals surface area (Å²) in [5.41, 5.74) is 1.12. The summed E-state index contributed by atoms with van der Waals surface area (Å²) in [6, 6.07) is 4.47. The van der Waals surface area contributed by atoms with E-state index in [1.165, 1.54) is 17.2 Å². The van der Waals surface area contributed by atoms with Gasteiger partial charge in [0.05, 0.1) is 34.4 Å². The molecule has 1 aliphatic rings. The molecular formula is C22H25N3O7S. The number of aryl methyl sites for hydroxylation is 1. The SMILES string of the molecule is Cc1noc2nc(-c3ccco3)cc(C(=O)OCC(=O)N(CC(C)C)C3CCS(=O)(=O)C3)c12. The molecular weight excluding hydrogens is 450 g/mol. The summed E-state index contributed by atoms with van der Waals surface area (Å²) in [6.07, 6.45) is 1.86. The van der Waals surface area contributed by atoms with Crippen LogP contribution in [0.3, 0.4) is 0 Å². The first-order valence-electron chi connectivity index (χ1n) is 10.6. The van der Waals surface area contributed by atoms with Crippen molar-refractivity contribution in [2.45, 2.75) is 33.2 Å². The molecule has 0 aliphatic carbocycles. The lowest BCUT2D eigenvalue weighted by atomic mass is 10.1. The Bertz CT molecular complexity index is 1280. The molecule has 33 heavy (non-hydrogen) atoms. The zero-order valence-electron chi connectivity index (χ0n) is 18.6. The number of pyridine rings is 1. The van der Waals surface area contributed by atoms with E-state index in [0.717, 1.165) is 0 Å². The van der Waals surface area contributed by atoms with E-state index in [9.17, 15) is 18.0 Å². The number of esters is 1. The van der Waals surface area contributed by atoms with Crippen LogP contribution in [0, 0.1) is 12.8 Å². The van der Waals surface area contributed by atoms with Crippen LogP contribution in [0.15, 0.2) is 33.4 Å². The largest absolute Gasteiger partial charge is 0.463 e. The number of rotatable bonds is 7. The Morgan fingerprint density at radius 3 is 2.76 bits per heavy atom. The second-order valence-corrected chi connectivity index (χ2v) is 10.8. The fourth-order valence-electron chi connectivity index (χ4n) is 3.96. The second kappa shape index (κ2) is 8.97. The molecule has 0 aromatic carbocycles. The molecule has 11 heteroatoms. The van der Waals surface area contributed by atoms with Gasteiger partial charge in [0, 0.05) is 12.6 Å². The molecule has 4 rings (SSSR count). The van der Waals surface area contributed by atoms with Crippen molar-refractivity contribution in [1.29, 1.82) is 0 Å². The average molecular weight is 476 g/mol. The summed E-state index contributed by atoms with van der Waals surface area (Å²) < 4.78 is 39.8. The van der Waals surface area contributed by atoms with E-state index in [1.54, 1.807) is 19.1 Å². The number of nitrogens with zero attached hydrogens (tertiary/aromatic N) is 3. The Morgan fingerprint density at radius 1 is 1.33 bits per heavy atom.